The van der Waals surface area contributed by atoms with Gasteiger partial charge in [0.25, 0.3) is 5.91 Å². The van der Waals surface area contributed by atoms with Crippen LogP contribution in [0.5, 0.6) is 5.75 Å². The summed E-state index contributed by atoms with van der Waals surface area (Å²) >= 11 is 5.85. The molecule has 0 aliphatic heterocycles. The second-order valence-corrected chi connectivity index (χ2v) is 7.22. The van der Waals surface area contributed by atoms with Crippen molar-refractivity contribution in [3.63, 3.8) is 0 Å². The largest absolute Gasteiger partial charge is 0.481 e. The maximum atomic E-state index is 12.4. The highest BCUT2D eigenvalue weighted by molar-refractivity contribution is 6.30. The van der Waals surface area contributed by atoms with Crippen molar-refractivity contribution in [2.75, 3.05) is 5.32 Å². The summed E-state index contributed by atoms with van der Waals surface area (Å²) in [5.41, 5.74) is 2.03. The van der Waals surface area contributed by atoms with Gasteiger partial charge in [0.2, 0.25) is 0 Å². The number of halogens is 1. The lowest BCUT2D eigenvalue weighted by Crippen LogP contribution is -2.32. The molecule has 0 fully saturated rings. The van der Waals surface area contributed by atoms with Crippen LogP contribution < -0.4 is 10.1 Å². The Balaban J connectivity index is 2.03. The summed E-state index contributed by atoms with van der Waals surface area (Å²) < 4.78 is 5.85. The van der Waals surface area contributed by atoms with Crippen LogP contribution in [-0.2, 0) is 10.2 Å². The van der Waals surface area contributed by atoms with E-state index in [1.807, 2.05) is 31.2 Å². The molecule has 0 unspecified atom stereocenters. The second kappa shape index (κ2) is 7.71. The van der Waals surface area contributed by atoms with Gasteiger partial charge >= 0.3 is 0 Å². The number of hydrogen-bond acceptors (Lipinski definition) is 2. The molecule has 0 spiro atoms. The fraction of sp³-hybridized carbons (Fsp3) is 0.350. The highest BCUT2D eigenvalue weighted by Gasteiger charge is 2.19. The van der Waals surface area contributed by atoms with Gasteiger partial charge < -0.3 is 10.1 Å². The summed E-state index contributed by atoms with van der Waals surface area (Å²) in [7, 11) is 0. The zero-order chi connectivity index (χ0) is 17.7. The monoisotopic (exact) mass is 345 g/mol. The first-order chi connectivity index (χ1) is 11.3. The fourth-order valence-electron chi connectivity index (χ4n) is 2.28. The van der Waals surface area contributed by atoms with Gasteiger partial charge in [-0.25, -0.2) is 0 Å². The maximum absolute atomic E-state index is 12.4. The first-order valence-corrected chi connectivity index (χ1v) is 8.51. The number of carbonyl (C=O) groups excluding carboxylic acids is 1. The Morgan fingerprint density at radius 1 is 1.08 bits per heavy atom. The number of amides is 1. The predicted molar refractivity (Wildman–Crippen MR) is 99.9 cm³/mol. The van der Waals surface area contributed by atoms with Gasteiger partial charge in [0.15, 0.2) is 6.10 Å². The van der Waals surface area contributed by atoms with Gasteiger partial charge in [-0.1, -0.05) is 51.4 Å². The Morgan fingerprint density at radius 2 is 1.67 bits per heavy atom. The lowest BCUT2D eigenvalue weighted by Gasteiger charge is -2.21. The van der Waals surface area contributed by atoms with Gasteiger partial charge in [0.1, 0.15) is 5.75 Å². The van der Waals surface area contributed by atoms with Crippen LogP contribution in [0.2, 0.25) is 5.02 Å². The Hall–Kier alpha value is -2.00. The summed E-state index contributed by atoms with van der Waals surface area (Å²) in [6.07, 6.45) is 0.0432. The highest BCUT2D eigenvalue weighted by Crippen LogP contribution is 2.25. The molecule has 128 valence electrons. The van der Waals surface area contributed by atoms with Gasteiger partial charge in [0, 0.05) is 10.7 Å². The number of anilines is 1. The third-order valence-corrected chi connectivity index (χ3v) is 4.03. The molecule has 0 radical (unpaired) electrons. The van der Waals surface area contributed by atoms with E-state index in [2.05, 4.69) is 26.1 Å². The summed E-state index contributed by atoms with van der Waals surface area (Å²) in [5, 5.41) is 3.49. The van der Waals surface area contributed by atoms with Crippen LogP contribution in [0.25, 0.3) is 0 Å². The van der Waals surface area contributed by atoms with Gasteiger partial charge in [-0.05, 0) is 53.8 Å². The minimum atomic E-state index is -0.541. The molecule has 0 aliphatic carbocycles. The van der Waals surface area contributed by atoms with E-state index in [4.69, 9.17) is 16.3 Å². The van der Waals surface area contributed by atoms with Crippen LogP contribution in [0.15, 0.2) is 48.5 Å². The second-order valence-electron chi connectivity index (χ2n) is 6.79. The molecule has 0 saturated heterocycles. The number of benzene rings is 2. The standard InChI is InChI=1S/C20H24ClNO2/c1-5-18(19(23)22-16-10-8-15(21)9-11-16)24-17-12-6-14(7-13-17)20(2,3)4/h6-13,18H,5H2,1-4H3,(H,22,23)/t18-/m0/s1. The molecule has 1 N–H and O–H groups in total. The zero-order valence-corrected chi connectivity index (χ0v) is 15.4. The molecule has 4 heteroatoms. The Morgan fingerprint density at radius 3 is 2.17 bits per heavy atom. The number of carbonyl (C=O) groups is 1. The topological polar surface area (TPSA) is 38.3 Å². The van der Waals surface area contributed by atoms with Crippen LogP contribution in [0.3, 0.4) is 0 Å². The lowest BCUT2D eigenvalue weighted by molar-refractivity contribution is -0.122. The van der Waals surface area contributed by atoms with Gasteiger partial charge in [-0.3, -0.25) is 4.79 Å². The Bertz CT molecular complexity index is 672. The SMILES string of the molecule is CC[C@H](Oc1ccc(C(C)(C)C)cc1)C(=O)Nc1ccc(Cl)cc1. The molecule has 0 aliphatic rings. The van der Waals surface area contributed by atoms with Crippen LogP contribution in [-0.4, -0.2) is 12.0 Å². The molecular formula is C20H24ClNO2. The third kappa shape index (κ3) is 5.00. The number of nitrogens with one attached hydrogen (secondary N) is 1. The number of hydrogen-bond donors (Lipinski definition) is 1. The molecule has 2 aromatic rings. The first kappa shape index (κ1) is 18.3. The molecule has 2 aromatic carbocycles. The van der Waals surface area contributed by atoms with Crippen molar-refractivity contribution >= 4 is 23.2 Å². The van der Waals surface area contributed by atoms with Crippen molar-refractivity contribution in [2.45, 2.75) is 45.6 Å². The van der Waals surface area contributed by atoms with Gasteiger partial charge in [-0.15, -0.1) is 0 Å². The molecule has 1 atom stereocenters. The Labute approximate surface area is 149 Å². The molecule has 0 heterocycles. The average Bonchev–Trinajstić information content (AvgIpc) is 2.54. The van der Waals surface area contributed by atoms with E-state index in [1.54, 1.807) is 24.3 Å². The summed E-state index contributed by atoms with van der Waals surface area (Å²) in [4.78, 5) is 12.4. The van der Waals surface area contributed by atoms with Crippen molar-refractivity contribution in [3.8, 4) is 5.75 Å². The van der Waals surface area contributed by atoms with E-state index >= 15 is 0 Å². The molecular weight excluding hydrogens is 322 g/mol. The number of ether oxygens (including phenoxy) is 1. The van der Waals surface area contributed by atoms with E-state index in [0.717, 1.165) is 0 Å². The van der Waals surface area contributed by atoms with Crippen LogP contribution >= 0.6 is 11.6 Å². The van der Waals surface area contributed by atoms with E-state index in [9.17, 15) is 4.79 Å². The minimum Gasteiger partial charge on any atom is -0.481 e. The van der Waals surface area contributed by atoms with Crippen LogP contribution in [0.4, 0.5) is 5.69 Å². The smallest absolute Gasteiger partial charge is 0.265 e. The average molecular weight is 346 g/mol. The van der Waals surface area contributed by atoms with Crippen molar-refractivity contribution in [1.82, 2.24) is 0 Å². The zero-order valence-electron chi connectivity index (χ0n) is 14.6. The molecule has 0 aromatic heterocycles. The Kier molecular flexibility index (Phi) is 5.89. The van der Waals surface area contributed by atoms with Gasteiger partial charge in [0.05, 0.1) is 0 Å². The molecule has 1 amide bonds. The number of rotatable bonds is 5. The highest BCUT2D eigenvalue weighted by atomic mass is 35.5. The molecule has 0 bridgehead atoms. The fourth-order valence-corrected chi connectivity index (χ4v) is 2.40. The first-order valence-electron chi connectivity index (χ1n) is 8.13. The third-order valence-electron chi connectivity index (χ3n) is 3.77. The maximum Gasteiger partial charge on any atom is 0.265 e. The molecule has 3 nitrogen and oxygen atoms in total. The quantitative estimate of drug-likeness (QED) is 0.784. The lowest BCUT2D eigenvalue weighted by atomic mass is 9.87. The predicted octanol–water partition coefficient (Wildman–Crippen LogP) is 5.43. The van der Waals surface area contributed by atoms with E-state index < -0.39 is 6.10 Å². The minimum absolute atomic E-state index is 0.0919. The summed E-state index contributed by atoms with van der Waals surface area (Å²) in [6, 6.07) is 14.9. The van der Waals surface area contributed by atoms with Crippen LogP contribution in [0, 0.1) is 0 Å². The van der Waals surface area contributed by atoms with Crippen molar-refractivity contribution in [1.29, 1.82) is 0 Å². The van der Waals surface area contributed by atoms with E-state index in [-0.39, 0.29) is 11.3 Å². The normalized spacial score (nSPS) is 12.5. The van der Waals surface area contributed by atoms with Gasteiger partial charge in [-0.2, -0.15) is 0 Å². The van der Waals surface area contributed by atoms with Crippen LogP contribution in [0.1, 0.15) is 39.7 Å². The van der Waals surface area contributed by atoms with Crippen molar-refractivity contribution in [3.05, 3.63) is 59.1 Å². The van der Waals surface area contributed by atoms with Crippen molar-refractivity contribution in [2.24, 2.45) is 0 Å². The van der Waals surface area contributed by atoms with Crippen molar-refractivity contribution < 1.29 is 9.53 Å². The van der Waals surface area contributed by atoms with E-state index in [0.29, 0.717) is 22.9 Å². The summed E-state index contributed by atoms with van der Waals surface area (Å²) in [6.45, 7) is 8.42. The summed E-state index contributed by atoms with van der Waals surface area (Å²) in [5.74, 6) is 0.529. The molecule has 0 saturated carbocycles. The molecule has 24 heavy (non-hydrogen) atoms. The molecule has 2 rings (SSSR count). The van der Waals surface area contributed by atoms with E-state index in [1.165, 1.54) is 5.56 Å².